The minimum atomic E-state index is -1.00. The number of anilines is 1. The van der Waals surface area contributed by atoms with Crippen LogP contribution in [0.5, 0.6) is 23.0 Å². The Labute approximate surface area is 215 Å². The number of fused-ring (bicyclic) bond motifs is 1. The lowest BCUT2D eigenvalue weighted by Crippen LogP contribution is -2.34. The molecule has 4 aromatic rings. The van der Waals surface area contributed by atoms with E-state index < -0.39 is 17.5 Å². The van der Waals surface area contributed by atoms with Crippen LogP contribution in [0.25, 0.3) is 10.9 Å². The van der Waals surface area contributed by atoms with Gasteiger partial charge < -0.3 is 19.5 Å². The Morgan fingerprint density at radius 3 is 2.39 bits per heavy atom. The van der Waals surface area contributed by atoms with Crippen LogP contribution in [0.1, 0.15) is 10.4 Å². The highest BCUT2D eigenvalue weighted by Gasteiger charge is 2.15. The second-order valence-corrected chi connectivity index (χ2v) is 8.13. The molecule has 0 saturated heterocycles. The van der Waals surface area contributed by atoms with Gasteiger partial charge in [0, 0.05) is 29.4 Å². The van der Waals surface area contributed by atoms with Gasteiger partial charge >= 0.3 is 0 Å². The molecule has 1 aromatic heterocycles. The van der Waals surface area contributed by atoms with Crippen molar-refractivity contribution in [1.29, 1.82) is 0 Å². The van der Waals surface area contributed by atoms with E-state index in [0.717, 1.165) is 12.1 Å². The number of nitrogens with one attached hydrogen (secondary N) is 2. The summed E-state index contributed by atoms with van der Waals surface area (Å²) in [6.45, 7) is 0. The van der Waals surface area contributed by atoms with E-state index in [1.54, 1.807) is 42.6 Å². The van der Waals surface area contributed by atoms with E-state index in [2.05, 4.69) is 15.6 Å². The number of carbonyl (C=O) groups is 1. The Hall–Kier alpha value is -4.02. The molecule has 0 fully saturated rings. The van der Waals surface area contributed by atoms with Gasteiger partial charge in [0.15, 0.2) is 16.6 Å². The fourth-order valence-corrected chi connectivity index (χ4v) is 3.75. The number of hydrogen-bond donors (Lipinski definition) is 2. The molecule has 0 saturated carbocycles. The standard InChI is InChI=1S/C25H18ClF2N3O4S/c1-33-22-11-16-19(12-23(22)34-2)29-8-7-20(16)35-21-6-4-14(10-17(21)26)30-25(36)31-24(32)15-5-3-13(27)9-18(15)28/h3-12H,1-2H3,(H2,30,31,32,36). The number of amides is 1. The van der Waals surface area contributed by atoms with Gasteiger partial charge in [-0.15, -0.1) is 0 Å². The van der Waals surface area contributed by atoms with Crippen LogP contribution in [0.3, 0.4) is 0 Å². The van der Waals surface area contributed by atoms with Gasteiger partial charge in [-0.2, -0.15) is 0 Å². The Kier molecular flexibility index (Phi) is 7.47. The molecule has 1 heterocycles. The Morgan fingerprint density at radius 2 is 1.69 bits per heavy atom. The molecule has 0 aliphatic rings. The lowest BCUT2D eigenvalue weighted by molar-refractivity contribution is 0.0973. The Balaban J connectivity index is 1.49. The number of benzene rings is 3. The van der Waals surface area contributed by atoms with E-state index in [1.807, 2.05) is 0 Å². The molecule has 1 amide bonds. The van der Waals surface area contributed by atoms with Gasteiger partial charge in [0.2, 0.25) is 0 Å². The van der Waals surface area contributed by atoms with Gasteiger partial charge in [-0.1, -0.05) is 11.6 Å². The third-order valence-electron chi connectivity index (χ3n) is 5.02. The lowest BCUT2D eigenvalue weighted by atomic mass is 10.2. The summed E-state index contributed by atoms with van der Waals surface area (Å²) in [5.41, 5.74) is 0.739. The zero-order valence-corrected chi connectivity index (χ0v) is 20.5. The van der Waals surface area contributed by atoms with Crippen molar-refractivity contribution in [3.8, 4) is 23.0 Å². The summed E-state index contributed by atoms with van der Waals surface area (Å²) in [6, 6.07) is 12.6. The van der Waals surface area contributed by atoms with E-state index in [-0.39, 0.29) is 15.7 Å². The minimum Gasteiger partial charge on any atom is -0.493 e. The third-order valence-corrected chi connectivity index (χ3v) is 5.52. The van der Waals surface area contributed by atoms with Crippen molar-refractivity contribution in [1.82, 2.24) is 10.3 Å². The van der Waals surface area contributed by atoms with Gasteiger partial charge in [0.05, 0.1) is 30.3 Å². The normalized spacial score (nSPS) is 10.6. The van der Waals surface area contributed by atoms with Crippen LogP contribution in [0.4, 0.5) is 14.5 Å². The maximum Gasteiger partial charge on any atom is 0.260 e. The van der Waals surface area contributed by atoms with E-state index >= 15 is 0 Å². The first-order valence-corrected chi connectivity index (χ1v) is 11.1. The number of rotatable bonds is 6. The van der Waals surface area contributed by atoms with Crippen LogP contribution in [0.2, 0.25) is 5.02 Å². The number of methoxy groups -OCH3 is 2. The largest absolute Gasteiger partial charge is 0.493 e. The molecule has 0 atom stereocenters. The van der Waals surface area contributed by atoms with Gasteiger partial charge in [0.1, 0.15) is 23.1 Å². The zero-order chi connectivity index (χ0) is 25.8. The molecule has 0 unspecified atom stereocenters. The second kappa shape index (κ2) is 10.7. The molecular formula is C25H18ClF2N3O4S. The van der Waals surface area contributed by atoms with Crippen LogP contribution >= 0.6 is 23.8 Å². The van der Waals surface area contributed by atoms with E-state index in [0.29, 0.717) is 45.7 Å². The topological polar surface area (TPSA) is 81.7 Å². The predicted octanol–water partition coefficient (Wildman–Crippen LogP) is 6.10. The number of hydrogen-bond acceptors (Lipinski definition) is 6. The molecule has 7 nitrogen and oxygen atoms in total. The van der Waals surface area contributed by atoms with Gasteiger partial charge in [-0.25, -0.2) is 8.78 Å². The van der Waals surface area contributed by atoms with Crippen LogP contribution in [0, 0.1) is 11.6 Å². The maximum atomic E-state index is 13.8. The van der Waals surface area contributed by atoms with Crippen LogP contribution in [-0.4, -0.2) is 30.2 Å². The predicted molar refractivity (Wildman–Crippen MR) is 136 cm³/mol. The molecule has 4 rings (SSSR count). The fraction of sp³-hybridized carbons (Fsp3) is 0.0800. The number of thiocarbonyl (C=S) groups is 1. The molecular weight excluding hydrogens is 512 g/mol. The summed E-state index contributed by atoms with van der Waals surface area (Å²) in [4.78, 5) is 16.6. The summed E-state index contributed by atoms with van der Waals surface area (Å²) in [7, 11) is 3.07. The maximum absolute atomic E-state index is 13.8. The first kappa shape index (κ1) is 25.1. The average molecular weight is 530 g/mol. The molecule has 3 aromatic carbocycles. The van der Waals surface area contributed by atoms with Crippen LogP contribution in [-0.2, 0) is 0 Å². The summed E-state index contributed by atoms with van der Waals surface area (Å²) < 4.78 is 43.6. The summed E-state index contributed by atoms with van der Waals surface area (Å²) in [5, 5.41) is 5.96. The molecule has 11 heteroatoms. The molecule has 184 valence electrons. The highest BCUT2D eigenvalue weighted by Crippen LogP contribution is 2.38. The number of nitrogens with zero attached hydrogens (tertiary/aromatic N) is 1. The molecule has 0 spiro atoms. The van der Waals surface area contributed by atoms with Crippen molar-refractivity contribution in [2.75, 3.05) is 19.5 Å². The van der Waals surface area contributed by atoms with Crippen LogP contribution < -0.4 is 24.8 Å². The Morgan fingerprint density at radius 1 is 0.944 bits per heavy atom. The van der Waals surface area contributed by atoms with Crippen molar-refractivity contribution in [3.05, 3.63) is 83.0 Å². The van der Waals surface area contributed by atoms with E-state index in [1.165, 1.54) is 14.2 Å². The molecule has 2 N–H and O–H groups in total. The number of pyridine rings is 1. The smallest absolute Gasteiger partial charge is 0.260 e. The van der Waals surface area contributed by atoms with Gasteiger partial charge in [0.25, 0.3) is 5.91 Å². The molecule has 0 aliphatic heterocycles. The van der Waals surface area contributed by atoms with Crippen LogP contribution in [0.15, 0.2) is 60.8 Å². The van der Waals surface area contributed by atoms with Crippen molar-refractivity contribution >= 4 is 51.4 Å². The summed E-state index contributed by atoms with van der Waals surface area (Å²) >= 11 is 11.5. The quantitative estimate of drug-likeness (QED) is 0.292. The van der Waals surface area contributed by atoms with Crippen molar-refractivity contribution in [3.63, 3.8) is 0 Å². The van der Waals surface area contributed by atoms with E-state index in [4.69, 9.17) is 38.0 Å². The third kappa shape index (κ3) is 5.45. The molecule has 0 aliphatic carbocycles. The molecule has 36 heavy (non-hydrogen) atoms. The number of ether oxygens (including phenoxy) is 3. The number of aromatic nitrogens is 1. The van der Waals surface area contributed by atoms with Gasteiger partial charge in [-0.3, -0.25) is 15.1 Å². The number of carbonyl (C=O) groups excluding carboxylic acids is 1. The van der Waals surface area contributed by atoms with E-state index in [9.17, 15) is 13.6 Å². The number of halogens is 3. The molecule has 0 radical (unpaired) electrons. The molecule has 0 bridgehead atoms. The monoisotopic (exact) mass is 529 g/mol. The first-order chi connectivity index (χ1) is 17.3. The SMILES string of the molecule is COc1cc2nccc(Oc3ccc(NC(=S)NC(=O)c4ccc(F)cc4F)cc3Cl)c2cc1OC. The van der Waals surface area contributed by atoms with Gasteiger partial charge in [-0.05, 0) is 54.7 Å². The average Bonchev–Trinajstić information content (AvgIpc) is 2.84. The van der Waals surface area contributed by atoms with Crippen molar-refractivity contribution in [2.24, 2.45) is 0 Å². The summed E-state index contributed by atoms with van der Waals surface area (Å²) in [6.07, 6.45) is 1.60. The van der Waals surface area contributed by atoms with Crippen molar-refractivity contribution < 1.29 is 27.8 Å². The highest BCUT2D eigenvalue weighted by atomic mass is 35.5. The second-order valence-electron chi connectivity index (χ2n) is 7.31. The lowest BCUT2D eigenvalue weighted by Gasteiger charge is -2.14. The Bertz CT molecular complexity index is 1490. The first-order valence-electron chi connectivity index (χ1n) is 10.3. The summed E-state index contributed by atoms with van der Waals surface area (Å²) in [5.74, 6) is -0.717. The zero-order valence-electron chi connectivity index (χ0n) is 18.9. The minimum absolute atomic E-state index is 0.102. The highest BCUT2D eigenvalue weighted by molar-refractivity contribution is 7.80. The fourth-order valence-electron chi connectivity index (χ4n) is 3.32. The van der Waals surface area contributed by atoms with Crippen molar-refractivity contribution in [2.45, 2.75) is 0 Å².